The molecule has 4 rings (SSSR count). The molecular formula is C23H16F3NO4S. The Morgan fingerprint density at radius 3 is 2.53 bits per heavy atom. The highest BCUT2D eigenvalue weighted by Gasteiger charge is 2.35. The topological polar surface area (TPSA) is 59.8 Å². The van der Waals surface area contributed by atoms with Crippen LogP contribution in [0.3, 0.4) is 0 Å². The van der Waals surface area contributed by atoms with Crippen molar-refractivity contribution < 1.29 is 31.9 Å². The third kappa shape index (κ3) is 4.88. The molecule has 0 N–H and O–H groups in total. The van der Waals surface area contributed by atoms with Gasteiger partial charge in [-0.25, -0.2) is 0 Å². The van der Waals surface area contributed by atoms with Crippen LogP contribution in [-0.4, -0.2) is 29.2 Å². The minimum atomic E-state index is -4.46. The van der Waals surface area contributed by atoms with E-state index in [1.54, 1.807) is 12.1 Å². The van der Waals surface area contributed by atoms with Crippen molar-refractivity contribution in [3.8, 4) is 17.1 Å². The summed E-state index contributed by atoms with van der Waals surface area (Å²) in [4.78, 5) is 26.1. The molecule has 1 aliphatic rings. The molecule has 2 aromatic carbocycles. The molecule has 3 aromatic rings. The van der Waals surface area contributed by atoms with Gasteiger partial charge in [0, 0.05) is 11.6 Å². The third-order valence-corrected chi connectivity index (χ3v) is 5.48. The van der Waals surface area contributed by atoms with Gasteiger partial charge in [-0.2, -0.15) is 13.2 Å². The number of alkyl halides is 3. The zero-order chi connectivity index (χ0) is 22.7. The Hall–Kier alpha value is -3.46. The van der Waals surface area contributed by atoms with Gasteiger partial charge in [0.1, 0.15) is 23.9 Å². The molecule has 0 radical (unpaired) electrons. The molecule has 0 bridgehead atoms. The van der Waals surface area contributed by atoms with E-state index in [0.29, 0.717) is 5.75 Å². The first-order chi connectivity index (χ1) is 15.3. The van der Waals surface area contributed by atoms with E-state index in [2.05, 4.69) is 0 Å². The number of furan rings is 1. The summed E-state index contributed by atoms with van der Waals surface area (Å²) in [5.41, 5.74) is -0.530. The van der Waals surface area contributed by atoms with Crippen LogP contribution < -0.4 is 4.74 Å². The van der Waals surface area contributed by atoms with Gasteiger partial charge >= 0.3 is 6.18 Å². The molecule has 0 saturated carbocycles. The number of hydrogen-bond donors (Lipinski definition) is 0. The van der Waals surface area contributed by atoms with E-state index in [1.165, 1.54) is 30.3 Å². The molecule has 5 nitrogen and oxygen atoms in total. The number of benzene rings is 2. The van der Waals surface area contributed by atoms with E-state index >= 15 is 0 Å². The van der Waals surface area contributed by atoms with Crippen molar-refractivity contribution in [3.63, 3.8) is 0 Å². The van der Waals surface area contributed by atoms with Gasteiger partial charge in [0.05, 0.1) is 17.0 Å². The summed E-state index contributed by atoms with van der Waals surface area (Å²) in [6.45, 7) is 0.236. The van der Waals surface area contributed by atoms with Crippen molar-refractivity contribution in [1.82, 2.24) is 4.90 Å². The highest BCUT2D eigenvalue weighted by atomic mass is 32.2. The summed E-state index contributed by atoms with van der Waals surface area (Å²) in [5.74, 6) is 0.627. The molecule has 2 amide bonds. The number of halogens is 3. The van der Waals surface area contributed by atoms with E-state index in [4.69, 9.17) is 9.15 Å². The molecule has 1 aromatic heterocycles. The van der Waals surface area contributed by atoms with Crippen molar-refractivity contribution in [2.75, 3.05) is 13.2 Å². The van der Waals surface area contributed by atoms with Crippen LogP contribution in [-0.2, 0) is 11.0 Å². The van der Waals surface area contributed by atoms with Gasteiger partial charge in [-0.3, -0.25) is 14.5 Å². The summed E-state index contributed by atoms with van der Waals surface area (Å²) < 4.78 is 49.9. The number of carbonyl (C=O) groups excluding carboxylic acids is 2. The Balaban J connectivity index is 1.44. The Morgan fingerprint density at radius 1 is 1.00 bits per heavy atom. The van der Waals surface area contributed by atoms with Crippen LogP contribution in [0.25, 0.3) is 17.4 Å². The fraction of sp³-hybridized carbons (Fsp3) is 0.130. The fourth-order valence-electron chi connectivity index (χ4n) is 3.03. The minimum Gasteiger partial charge on any atom is -0.492 e. The molecule has 164 valence electrons. The van der Waals surface area contributed by atoms with Crippen molar-refractivity contribution in [2.45, 2.75) is 6.18 Å². The Morgan fingerprint density at radius 2 is 1.78 bits per heavy atom. The number of thioether (sulfide) groups is 1. The van der Waals surface area contributed by atoms with Gasteiger partial charge in [-0.1, -0.05) is 30.3 Å². The maximum atomic E-state index is 12.9. The Labute approximate surface area is 185 Å². The first-order valence-electron chi connectivity index (χ1n) is 9.52. The number of carbonyl (C=O) groups is 2. The van der Waals surface area contributed by atoms with Gasteiger partial charge < -0.3 is 9.15 Å². The predicted octanol–water partition coefficient (Wildman–Crippen LogP) is 6.08. The molecule has 32 heavy (non-hydrogen) atoms. The van der Waals surface area contributed by atoms with Crippen LogP contribution in [0.15, 0.2) is 76.1 Å². The highest BCUT2D eigenvalue weighted by Crippen LogP contribution is 2.35. The summed E-state index contributed by atoms with van der Waals surface area (Å²) in [6.07, 6.45) is -3.06. The second-order valence-electron chi connectivity index (χ2n) is 6.78. The number of hydrogen-bond acceptors (Lipinski definition) is 5. The van der Waals surface area contributed by atoms with Crippen molar-refractivity contribution in [3.05, 3.63) is 83.0 Å². The molecule has 0 aliphatic carbocycles. The van der Waals surface area contributed by atoms with Crippen molar-refractivity contribution in [2.24, 2.45) is 0 Å². The minimum absolute atomic E-state index is 0.0878. The molecule has 1 aliphatic heterocycles. The number of para-hydroxylation sites is 1. The molecule has 0 atom stereocenters. The molecule has 2 heterocycles. The van der Waals surface area contributed by atoms with Crippen LogP contribution in [0.2, 0.25) is 0 Å². The smallest absolute Gasteiger partial charge is 0.416 e. The lowest BCUT2D eigenvalue weighted by Crippen LogP contribution is -2.32. The highest BCUT2D eigenvalue weighted by molar-refractivity contribution is 8.18. The van der Waals surface area contributed by atoms with Crippen LogP contribution in [0, 0.1) is 0 Å². The maximum Gasteiger partial charge on any atom is 0.416 e. The lowest BCUT2D eigenvalue weighted by Gasteiger charge is -2.13. The SMILES string of the molecule is O=C1S/C(=C/c2ccc(-c3cccc(C(F)(F)F)c3)o2)C(=O)N1CCOc1ccccc1. The number of ether oxygens (including phenoxy) is 1. The Bertz CT molecular complexity index is 1170. The second-order valence-corrected chi connectivity index (χ2v) is 7.77. The van der Waals surface area contributed by atoms with Crippen molar-refractivity contribution >= 4 is 29.0 Å². The second kappa shape index (κ2) is 8.96. The molecule has 0 unspecified atom stereocenters. The van der Waals surface area contributed by atoms with E-state index < -0.39 is 22.9 Å². The molecule has 0 spiro atoms. The van der Waals surface area contributed by atoms with Gasteiger partial charge in [0.25, 0.3) is 11.1 Å². The van der Waals surface area contributed by atoms with Gasteiger partial charge in [-0.05, 0) is 48.2 Å². The average molecular weight is 459 g/mol. The van der Waals surface area contributed by atoms with Crippen LogP contribution in [0.4, 0.5) is 18.0 Å². The zero-order valence-corrected chi connectivity index (χ0v) is 17.3. The third-order valence-electron chi connectivity index (χ3n) is 4.57. The number of nitrogens with zero attached hydrogens (tertiary/aromatic N) is 1. The molecule has 1 saturated heterocycles. The molecule has 1 fully saturated rings. The summed E-state index contributed by atoms with van der Waals surface area (Å²) in [5, 5.41) is -0.428. The standard InChI is InChI=1S/C23H16F3NO4S/c24-23(25,26)16-6-4-5-15(13-16)19-10-9-18(31-19)14-20-21(28)27(22(29)32-20)11-12-30-17-7-2-1-3-8-17/h1-10,13-14H,11-12H2/b20-14+. The molecular weight excluding hydrogens is 443 g/mol. The maximum absolute atomic E-state index is 12.9. The first-order valence-corrected chi connectivity index (χ1v) is 10.3. The molecule has 9 heteroatoms. The fourth-order valence-corrected chi connectivity index (χ4v) is 3.87. The van der Waals surface area contributed by atoms with E-state index in [9.17, 15) is 22.8 Å². The number of amides is 2. The zero-order valence-electron chi connectivity index (χ0n) is 16.5. The van der Waals surface area contributed by atoms with Gasteiger partial charge in [-0.15, -0.1) is 0 Å². The van der Waals surface area contributed by atoms with E-state index in [0.717, 1.165) is 28.8 Å². The van der Waals surface area contributed by atoms with E-state index in [-0.39, 0.29) is 35.1 Å². The van der Waals surface area contributed by atoms with Crippen molar-refractivity contribution in [1.29, 1.82) is 0 Å². The quantitative estimate of drug-likeness (QED) is 0.418. The largest absolute Gasteiger partial charge is 0.492 e. The van der Waals surface area contributed by atoms with Gasteiger partial charge in [0.15, 0.2) is 0 Å². The van der Waals surface area contributed by atoms with E-state index in [1.807, 2.05) is 18.2 Å². The average Bonchev–Trinajstić information content (AvgIpc) is 3.34. The van der Waals surface area contributed by atoms with Gasteiger partial charge in [0.2, 0.25) is 0 Å². The van der Waals surface area contributed by atoms with Crippen LogP contribution in [0.1, 0.15) is 11.3 Å². The number of imide groups is 1. The normalized spacial score (nSPS) is 15.6. The Kier molecular flexibility index (Phi) is 6.09. The predicted molar refractivity (Wildman–Crippen MR) is 114 cm³/mol. The summed E-state index contributed by atoms with van der Waals surface area (Å²) in [6, 6.07) is 16.8. The lowest BCUT2D eigenvalue weighted by molar-refractivity contribution is -0.137. The first kappa shape index (κ1) is 21.8. The number of rotatable bonds is 6. The summed E-state index contributed by atoms with van der Waals surface area (Å²) >= 11 is 0.768. The van der Waals surface area contributed by atoms with Crippen LogP contribution >= 0.6 is 11.8 Å². The van der Waals surface area contributed by atoms with Crippen LogP contribution in [0.5, 0.6) is 5.75 Å². The monoisotopic (exact) mass is 459 g/mol. The summed E-state index contributed by atoms with van der Waals surface area (Å²) in [7, 11) is 0. The lowest BCUT2D eigenvalue weighted by atomic mass is 10.1.